The number of hydrogen-bond donors (Lipinski definition) is 0. The number of hydrazone groups is 2. The van der Waals surface area contributed by atoms with Crippen molar-refractivity contribution in [3.8, 4) is 0 Å². The molecule has 14 heteroatoms. The maximum atomic E-state index is 10.8. The predicted octanol–water partition coefficient (Wildman–Crippen LogP) is -0.0444. The Morgan fingerprint density at radius 3 is 1.50 bits per heavy atom. The fraction of sp³-hybridized carbons (Fsp3) is 0.429. The average Bonchev–Trinajstić information content (AvgIpc) is 3.22. The van der Waals surface area contributed by atoms with Crippen molar-refractivity contribution in [3.05, 3.63) is 44.3 Å². The summed E-state index contributed by atoms with van der Waals surface area (Å²) in [5, 5.41) is 33.9. The average molecular weight is 390 g/mol. The molecule has 0 aromatic carbocycles. The summed E-state index contributed by atoms with van der Waals surface area (Å²) in [6.07, 6.45) is 5.35. The van der Waals surface area contributed by atoms with Crippen molar-refractivity contribution in [1.29, 1.82) is 0 Å². The van der Waals surface area contributed by atoms with Gasteiger partial charge in [0.15, 0.2) is 0 Å². The standard InChI is InChI=1S/C14H18N10O4/c1-19-11(15-9-13(19)23(25)26)7-17-21-3-5-22(6-4-21)18-8-12-16-10-14(20(12)2)24(27)28/h7-10H,3-6H2,1-2H3. The van der Waals surface area contributed by atoms with Crippen LogP contribution in [0, 0.1) is 20.2 Å². The van der Waals surface area contributed by atoms with E-state index in [-0.39, 0.29) is 11.6 Å². The van der Waals surface area contributed by atoms with Crippen molar-refractivity contribution in [2.45, 2.75) is 0 Å². The van der Waals surface area contributed by atoms with Crippen LogP contribution in [0.1, 0.15) is 11.6 Å². The molecule has 1 aliphatic heterocycles. The van der Waals surface area contributed by atoms with Gasteiger partial charge in [0.05, 0.1) is 40.3 Å². The third-order valence-corrected chi connectivity index (χ3v) is 4.28. The van der Waals surface area contributed by atoms with Crippen LogP contribution >= 0.6 is 0 Å². The number of nitro groups is 2. The summed E-state index contributed by atoms with van der Waals surface area (Å²) in [7, 11) is 3.11. The number of hydrogen-bond acceptors (Lipinski definition) is 10. The van der Waals surface area contributed by atoms with Gasteiger partial charge in [0, 0.05) is 0 Å². The van der Waals surface area contributed by atoms with Crippen molar-refractivity contribution >= 4 is 24.1 Å². The highest BCUT2D eigenvalue weighted by Crippen LogP contribution is 2.12. The Hall–Kier alpha value is -3.84. The molecular weight excluding hydrogens is 372 g/mol. The Kier molecular flexibility index (Phi) is 5.28. The van der Waals surface area contributed by atoms with E-state index in [9.17, 15) is 20.2 Å². The van der Waals surface area contributed by atoms with Crippen LogP contribution < -0.4 is 0 Å². The van der Waals surface area contributed by atoms with Crippen LogP contribution in [0.15, 0.2) is 22.6 Å². The van der Waals surface area contributed by atoms with E-state index in [1.54, 1.807) is 14.1 Å². The van der Waals surface area contributed by atoms with Crippen molar-refractivity contribution < 1.29 is 9.85 Å². The second-order valence-corrected chi connectivity index (χ2v) is 5.98. The van der Waals surface area contributed by atoms with Gasteiger partial charge in [-0.25, -0.2) is 19.1 Å². The van der Waals surface area contributed by atoms with Crippen molar-refractivity contribution in [2.24, 2.45) is 24.3 Å². The molecule has 3 heterocycles. The van der Waals surface area contributed by atoms with E-state index in [2.05, 4.69) is 20.2 Å². The number of rotatable bonds is 6. The van der Waals surface area contributed by atoms with Crippen LogP contribution in [0.25, 0.3) is 0 Å². The number of piperazine rings is 1. The first-order valence-corrected chi connectivity index (χ1v) is 8.27. The molecule has 3 rings (SSSR count). The smallest absolute Gasteiger partial charge is 0.342 e. The SMILES string of the molecule is Cn1c([N+](=O)[O-])cnc1C=NN1CCN(N=Cc2ncc([N+](=O)[O-])n2C)CC1. The molecule has 2 aromatic rings. The second kappa shape index (κ2) is 7.81. The van der Waals surface area contributed by atoms with Gasteiger partial charge in [-0.15, -0.1) is 0 Å². The first-order chi connectivity index (χ1) is 13.4. The lowest BCUT2D eigenvalue weighted by molar-refractivity contribution is -0.391. The Morgan fingerprint density at radius 2 is 1.21 bits per heavy atom. The molecule has 0 spiro atoms. The molecule has 0 bridgehead atoms. The Labute approximate surface area is 158 Å². The van der Waals surface area contributed by atoms with Gasteiger partial charge in [0.25, 0.3) is 0 Å². The van der Waals surface area contributed by atoms with Gasteiger partial charge in [0.1, 0.15) is 24.8 Å². The first kappa shape index (κ1) is 18.9. The van der Waals surface area contributed by atoms with E-state index >= 15 is 0 Å². The molecule has 0 unspecified atom stereocenters. The lowest BCUT2D eigenvalue weighted by atomic mass is 10.4. The monoisotopic (exact) mass is 390 g/mol. The highest BCUT2D eigenvalue weighted by Gasteiger charge is 2.18. The number of nitrogens with zero attached hydrogens (tertiary/aromatic N) is 10. The minimum atomic E-state index is -0.503. The lowest BCUT2D eigenvalue weighted by Gasteiger charge is -2.30. The molecule has 0 N–H and O–H groups in total. The van der Waals surface area contributed by atoms with E-state index in [1.807, 2.05) is 10.0 Å². The Balaban J connectivity index is 1.55. The molecule has 1 aliphatic rings. The van der Waals surface area contributed by atoms with Crippen LogP contribution in [0.5, 0.6) is 0 Å². The fourth-order valence-corrected chi connectivity index (χ4v) is 2.59. The number of imidazole rings is 2. The van der Waals surface area contributed by atoms with Crippen LogP contribution in [-0.4, -0.2) is 77.6 Å². The van der Waals surface area contributed by atoms with E-state index in [4.69, 9.17) is 0 Å². The van der Waals surface area contributed by atoms with E-state index in [0.29, 0.717) is 37.8 Å². The van der Waals surface area contributed by atoms with Gasteiger partial charge in [-0.3, -0.25) is 10.0 Å². The third-order valence-electron chi connectivity index (χ3n) is 4.28. The molecule has 0 atom stereocenters. The van der Waals surface area contributed by atoms with Gasteiger partial charge in [0.2, 0.25) is 11.6 Å². The van der Waals surface area contributed by atoms with E-state index in [1.165, 1.54) is 34.0 Å². The fourth-order valence-electron chi connectivity index (χ4n) is 2.59. The Morgan fingerprint density at radius 1 is 0.857 bits per heavy atom. The molecule has 28 heavy (non-hydrogen) atoms. The van der Waals surface area contributed by atoms with E-state index < -0.39 is 9.85 Å². The van der Waals surface area contributed by atoms with Crippen LogP contribution in [0.2, 0.25) is 0 Å². The van der Waals surface area contributed by atoms with Gasteiger partial charge >= 0.3 is 11.6 Å². The summed E-state index contributed by atoms with van der Waals surface area (Å²) >= 11 is 0. The first-order valence-electron chi connectivity index (χ1n) is 8.27. The minimum Gasteiger partial charge on any atom is -0.358 e. The van der Waals surface area contributed by atoms with Gasteiger partial charge in [-0.2, -0.15) is 10.2 Å². The number of aromatic nitrogens is 4. The summed E-state index contributed by atoms with van der Waals surface area (Å²) in [6.45, 7) is 2.39. The minimum absolute atomic E-state index is 0.102. The summed E-state index contributed by atoms with van der Waals surface area (Å²) in [5.41, 5.74) is 0. The molecule has 0 radical (unpaired) electrons. The van der Waals surface area contributed by atoms with Crippen molar-refractivity contribution in [3.63, 3.8) is 0 Å². The summed E-state index contributed by atoms with van der Waals surface area (Å²) in [5.74, 6) is 0.581. The zero-order valence-corrected chi connectivity index (χ0v) is 15.2. The molecule has 0 saturated carbocycles. The molecule has 0 amide bonds. The molecule has 2 aromatic heterocycles. The molecule has 1 saturated heterocycles. The normalized spacial score (nSPS) is 15.1. The van der Waals surface area contributed by atoms with Crippen molar-refractivity contribution in [1.82, 2.24) is 29.1 Å². The molecule has 1 fully saturated rings. The topological polar surface area (TPSA) is 153 Å². The molecule has 0 aliphatic carbocycles. The van der Waals surface area contributed by atoms with Gasteiger partial charge in [-0.05, 0) is 9.85 Å². The summed E-state index contributed by atoms with van der Waals surface area (Å²) in [4.78, 5) is 28.6. The quantitative estimate of drug-likeness (QED) is 0.378. The largest absolute Gasteiger partial charge is 0.358 e. The lowest BCUT2D eigenvalue weighted by Crippen LogP contribution is -2.41. The van der Waals surface area contributed by atoms with Crippen molar-refractivity contribution in [2.75, 3.05) is 26.2 Å². The maximum absolute atomic E-state index is 10.8. The van der Waals surface area contributed by atoms with Gasteiger partial charge in [-0.1, -0.05) is 0 Å². The highest BCUT2D eigenvalue weighted by molar-refractivity contribution is 5.75. The summed E-state index contributed by atoms with van der Waals surface area (Å²) in [6, 6.07) is 0. The predicted molar refractivity (Wildman–Crippen MR) is 98.1 cm³/mol. The summed E-state index contributed by atoms with van der Waals surface area (Å²) < 4.78 is 2.71. The molecule has 148 valence electrons. The zero-order valence-electron chi connectivity index (χ0n) is 15.2. The van der Waals surface area contributed by atoms with Crippen LogP contribution in [0.3, 0.4) is 0 Å². The maximum Gasteiger partial charge on any atom is 0.342 e. The van der Waals surface area contributed by atoms with Crippen LogP contribution in [-0.2, 0) is 14.1 Å². The Bertz CT molecular complexity index is 862. The zero-order chi connectivity index (χ0) is 20.3. The third kappa shape index (κ3) is 3.94. The second-order valence-electron chi connectivity index (χ2n) is 5.98. The molecule has 14 nitrogen and oxygen atoms in total. The van der Waals surface area contributed by atoms with Crippen LogP contribution in [0.4, 0.5) is 11.6 Å². The highest BCUT2D eigenvalue weighted by atomic mass is 16.6. The van der Waals surface area contributed by atoms with Gasteiger partial charge < -0.3 is 20.2 Å². The molecular formula is C14H18N10O4. The van der Waals surface area contributed by atoms with E-state index in [0.717, 1.165) is 0 Å².